The summed E-state index contributed by atoms with van der Waals surface area (Å²) in [5.41, 5.74) is 2.59. The molecule has 0 saturated heterocycles. The molecule has 32 heavy (non-hydrogen) atoms. The summed E-state index contributed by atoms with van der Waals surface area (Å²) in [5.74, 6) is 0.406. The monoisotopic (exact) mass is 429 g/mol. The molecule has 0 aliphatic heterocycles. The molecule has 162 valence electrons. The van der Waals surface area contributed by atoms with Crippen molar-refractivity contribution in [2.24, 2.45) is 5.41 Å². The minimum atomic E-state index is -0.293. The Labute approximate surface area is 185 Å². The Hall–Kier alpha value is -3.67. The minimum absolute atomic E-state index is 0.104. The Bertz CT molecular complexity index is 1330. The van der Waals surface area contributed by atoms with Gasteiger partial charge in [-0.05, 0) is 24.0 Å². The molecule has 0 N–H and O–H groups in total. The van der Waals surface area contributed by atoms with Gasteiger partial charge < -0.3 is 14.0 Å². The fourth-order valence-electron chi connectivity index (χ4n) is 4.95. The number of hydrogen-bond donors (Lipinski definition) is 0. The first kappa shape index (κ1) is 20.2. The number of hydrogen-bond acceptors (Lipinski definition) is 5. The standard InChI is InChI=1S/C26H23NO5/c1-26(2)12-17-21(18(28)13-26)22-23(25(30)16-8-6-5-7-15(16)24(22)29)27(17)14-9-10-19(31-3)20(11-14)32-4/h5-11H,12-13H2,1-4H3. The lowest BCUT2D eigenvalue weighted by Gasteiger charge is -2.30. The average molecular weight is 429 g/mol. The molecule has 6 nitrogen and oxygen atoms in total. The van der Waals surface area contributed by atoms with Crippen LogP contribution in [0.1, 0.15) is 68.3 Å². The predicted molar refractivity (Wildman–Crippen MR) is 119 cm³/mol. The van der Waals surface area contributed by atoms with Crippen molar-refractivity contribution in [1.29, 1.82) is 0 Å². The molecule has 1 heterocycles. The Morgan fingerprint density at radius 3 is 2.12 bits per heavy atom. The lowest BCUT2D eigenvalue weighted by molar-refractivity contribution is 0.0902. The first-order valence-electron chi connectivity index (χ1n) is 10.5. The maximum atomic E-state index is 13.7. The van der Waals surface area contributed by atoms with Gasteiger partial charge in [0, 0.05) is 35.0 Å². The summed E-state index contributed by atoms with van der Waals surface area (Å²) in [5, 5.41) is 0. The Morgan fingerprint density at radius 2 is 1.47 bits per heavy atom. The zero-order chi connectivity index (χ0) is 22.8. The van der Waals surface area contributed by atoms with Crippen molar-refractivity contribution in [2.45, 2.75) is 26.7 Å². The number of methoxy groups -OCH3 is 2. The van der Waals surface area contributed by atoms with Crippen LogP contribution in [-0.2, 0) is 6.42 Å². The molecule has 0 spiro atoms. The molecule has 0 amide bonds. The van der Waals surface area contributed by atoms with E-state index in [1.54, 1.807) is 55.2 Å². The topological polar surface area (TPSA) is 74.6 Å². The Kier molecular flexibility index (Phi) is 4.38. The van der Waals surface area contributed by atoms with Crippen LogP contribution in [0.5, 0.6) is 11.5 Å². The van der Waals surface area contributed by atoms with Gasteiger partial charge in [-0.3, -0.25) is 14.4 Å². The number of fused-ring (bicyclic) bond motifs is 4. The smallest absolute Gasteiger partial charge is 0.211 e. The molecular formula is C26H23NO5. The SMILES string of the molecule is COc1ccc(-n2c3c(c4c2C(=O)c2ccccc2C4=O)C(=O)CC(C)(C)C3)cc1OC. The molecule has 0 saturated carbocycles. The number of ketones is 3. The van der Waals surface area contributed by atoms with Crippen molar-refractivity contribution in [3.05, 3.63) is 76.1 Å². The molecule has 0 unspecified atom stereocenters. The number of carbonyl (C=O) groups is 3. The summed E-state index contributed by atoms with van der Waals surface area (Å²) in [7, 11) is 3.09. The van der Waals surface area contributed by atoms with Crippen LogP contribution in [0.25, 0.3) is 5.69 Å². The molecule has 5 rings (SSSR count). The molecule has 2 aliphatic rings. The van der Waals surface area contributed by atoms with Crippen molar-refractivity contribution >= 4 is 17.3 Å². The van der Waals surface area contributed by atoms with E-state index in [2.05, 4.69) is 0 Å². The van der Waals surface area contributed by atoms with Crippen LogP contribution in [0.4, 0.5) is 0 Å². The summed E-state index contributed by atoms with van der Waals surface area (Å²) in [6, 6.07) is 12.1. The summed E-state index contributed by atoms with van der Waals surface area (Å²) in [6.45, 7) is 4.05. The van der Waals surface area contributed by atoms with Crippen LogP contribution in [0, 0.1) is 5.41 Å². The van der Waals surface area contributed by atoms with Gasteiger partial charge in [0.15, 0.2) is 23.1 Å². The number of aromatic nitrogens is 1. The highest BCUT2D eigenvalue weighted by atomic mass is 16.5. The second kappa shape index (κ2) is 6.92. The molecule has 1 aromatic heterocycles. The summed E-state index contributed by atoms with van der Waals surface area (Å²) < 4.78 is 12.6. The van der Waals surface area contributed by atoms with Gasteiger partial charge in [-0.2, -0.15) is 0 Å². The molecule has 0 radical (unpaired) electrons. The van der Waals surface area contributed by atoms with Gasteiger partial charge in [0.25, 0.3) is 0 Å². The van der Waals surface area contributed by atoms with Crippen LogP contribution in [0.3, 0.4) is 0 Å². The van der Waals surface area contributed by atoms with Crippen molar-refractivity contribution < 1.29 is 23.9 Å². The molecule has 0 atom stereocenters. The first-order chi connectivity index (χ1) is 15.3. The van der Waals surface area contributed by atoms with E-state index < -0.39 is 0 Å². The largest absolute Gasteiger partial charge is 0.493 e. The molecule has 3 aromatic rings. The van der Waals surface area contributed by atoms with Gasteiger partial charge in [0.1, 0.15) is 5.69 Å². The van der Waals surface area contributed by atoms with Crippen molar-refractivity contribution in [3.63, 3.8) is 0 Å². The third kappa shape index (κ3) is 2.75. The second-order valence-electron chi connectivity index (χ2n) is 9.06. The van der Waals surface area contributed by atoms with Crippen molar-refractivity contribution in [3.8, 4) is 17.2 Å². The van der Waals surface area contributed by atoms with E-state index in [9.17, 15) is 14.4 Å². The van der Waals surface area contributed by atoms with E-state index in [0.29, 0.717) is 52.4 Å². The van der Waals surface area contributed by atoms with E-state index in [1.807, 2.05) is 19.9 Å². The maximum Gasteiger partial charge on any atom is 0.211 e. The summed E-state index contributed by atoms with van der Waals surface area (Å²) >= 11 is 0. The number of Topliss-reactive ketones (excluding diaryl/α,β-unsaturated/α-hetero) is 1. The maximum absolute atomic E-state index is 13.7. The highest BCUT2D eigenvalue weighted by Gasteiger charge is 2.44. The molecule has 2 aromatic carbocycles. The summed E-state index contributed by atoms with van der Waals surface area (Å²) in [4.78, 5) is 40.5. The van der Waals surface area contributed by atoms with Gasteiger partial charge in [-0.25, -0.2) is 0 Å². The number of rotatable bonds is 3. The zero-order valence-electron chi connectivity index (χ0n) is 18.4. The molecule has 2 aliphatic carbocycles. The van der Waals surface area contributed by atoms with Crippen LogP contribution in [-0.4, -0.2) is 36.1 Å². The molecular weight excluding hydrogens is 406 g/mol. The Balaban J connectivity index is 1.87. The van der Waals surface area contributed by atoms with Gasteiger partial charge >= 0.3 is 0 Å². The quantitative estimate of drug-likeness (QED) is 0.482. The highest BCUT2D eigenvalue weighted by molar-refractivity contribution is 6.31. The highest BCUT2D eigenvalue weighted by Crippen LogP contribution is 2.44. The van der Waals surface area contributed by atoms with Crippen molar-refractivity contribution in [1.82, 2.24) is 4.57 Å². The predicted octanol–water partition coefficient (Wildman–Crippen LogP) is 4.43. The zero-order valence-corrected chi connectivity index (χ0v) is 18.4. The van der Waals surface area contributed by atoms with Crippen LogP contribution >= 0.6 is 0 Å². The molecule has 0 bridgehead atoms. The summed E-state index contributed by atoms with van der Waals surface area (Å²) in [6.07, 6.45) is 0.887. The van der Waals surface area contributed by atoms with E-state index in [4.69, 9.17) is 9.47 Å². The first-order valence-corrected chi connectivity index (χ1v) is 10.5. The second-order valence-corrected chi connectivity index (χ2v) is 9.06. The van der Waals surface area contributed by atoms with E-state index >= 15 is 0 Å². The van der Waals surface area contributed by atoms with E-state index in [-0.39, 0.29) is 34.0 Å². The number of carbonyl (C=O) groups excluding carboxylic acids is 3. The molecule has 6 heteroatoms. The fraction of sp³-hybridized carbons (Fsp3) is 0.269. The van der Waals surface area contributed by atoms with Crippen LogP contribution in [0.2, 0.25) is 0 Å². The third-order valence-corrected chi connectivity index (χ3v) is 6.32. The van der Waals surface area contributed by atoms with E-state index in [1.165, 1.54) is 0 Å². The van der Waals surface area contributed by atoms with Crippen LogP contribution in [0.15, 0.2) is 42.5 Å². The minimum Gasteiger partial charge on any atom is -0.493 e. The third-order valence-electron chi connectivity index (χ3n) is 6.32. The normalized spacial score (nSPS) is 16.3. The number of benzene rings is 2. The van der Waals surface area contributed by atoms with E-state index in [0.717, 1.165) is 0 Å². The lowest BCUT2D eigenvalue weighted by atomic mass is 9.74. The molecule has 0 fully saturated rings. The lowest BCUT2D eigenvalue weighted by Crippen LogP contribution is -2.28. The average Bonchev–Trinajstić information content (AvgIpc) is 3.11. The van der Waals surface area contributed by atoms with Gasteiger partial charge in [0.05, 0.1) is 25.3 Å². The number of ether oxygens (including phenoxy) is 2. The van der Waals surface area contributed by atoms with Gasteiger partial charge in [0.2, 0.25) is 5.78 Å². The van der Waals surface area contributed by atoms with Gasteiger partial charge in [-0.1, -0.05) is 38.1 Å². The fourth-order valence-corrected chi connectivity index (χ4v) is 4.95. The van der Waals surface area contributed by atoms with Gasteiger partial charge in [-0.15, -0.1) is 0 Å². The van der Waals surface area contributed by atoms with Crippen LogP contribution < -0.4 is 9.47 Å². The van der Waals surface area contributed by atoms with Crippen molar-refractivity contribution in [2.75, 3.05) is 14.2 Å². The number of nitrogens with zero attached hydrogens (tertiary/aromatic N) is 1. The Morgan fingerprint density at radius 1 is 0.812 bits per heavy atom.